The van der Waals surface area contributed by atoms with Gasteiger partial charge in [-0.3, -0.25) is 9.79 Å². The van der Waals surface area contributed by atoms with Crippen molar-refractivity contribution in [2.24, 2.45) is 4.99 Å². The Morgan fingerprint density at radius 1 is 1.46 bits per heavy atom. The summed E-state index contributed by atoms with van der Waals surface area (Å²) in [6, 6.07) is 0.237. The highest BCUT2D eigenvalue weighted by Gasteiger charge is 2.22. The molecule has 0 saturated heterocycles. The molecule has 1 aliphatic rings. The van der Waals surface area contributed by atoms with E-state index in [9.17, 15) is 4.79 Å². The van der Waals surface area contributed by atoms with E-state index >= 15 is 0 Å². The zero-order valence-corrected chi connectivity index (χ0v) is 18.0. The number of hydrogen-bond acceptors (Lipinski definition) is 6. The standard InChI is InChI=1S/C16H28N6O3.HI/c1-4-25-15(23)6-5-9-18-16(17-2)19-12-7-8-14-20-13(11-24-3)21-22(14)10-12;/h12H,4-11H2,1-3H3,(H2,17,18,19);1H. The van der Waals surface area contributed by atoms with Crippen LogP contribution in [0.2, 0.25) is 0 Å². The smallest absolute Gasteiger partial charge is 0.305 e. The highest BCUT2D eigenvalue weighted by atomic mass is 127. The van der Waals surface area contributed by atoms with Crippen LogP contribution in [0.15, 0.2) is 4.99 Å². The van der Waals surface area contributed by atoms with Crippen LogP contribution in [-0.4, -0.2) is 60.0 Å². The average Bonchev–Trinajstić information content (AvgIpc) is 2.99. The molecule has 2 heterocycles. The van der Waals surface area contributed by atoms with Crippen molar-refractivity contribution in [3.8, 4) is 0 Å². The molecule has 1 atom stereocenters. The van der Waals surface area contributed by atoms with Crippen LogP contribution in [-0.2, 0) is 33.8 Å². The lowest BCUT2D eigenvalue weighted by Gasteiger charge is -2.25. The van der Waals surface area contributed by atoms with Gasteiger partial charge in [0.1, 0.15) is 12.4 Å². The Bertz CT molecular complexity index is 593. The number of fused-ring (bicyclic) bond motifs is 1. The minimum Gasteiger partial charge on any atom is -0.466 e. The van der Waals surface area contributed by atoms with Crippen molar-refractivity contribution >= 4 is 35.9 Å². The zero-order valence-electron chi connectivity index (χ0n) is 15.7. The molecule has 0 aromatic carbocycles. The Hall–Kier alpha value is -1.43. The van der Waals surface area contributed by atoms with Crippen molar-refractivity contribution in [2.45, 2.75) is 51.8 Å². The quantitative estimate of drug-likeness (QED) is 0.187. The van der Waals surface area contributed by atoms with E-state index in [1.54, 1.807) is 14.2 Å². The highest BCUT2D eigenvalue weighted by Crippen LogP contribution is 2.13. The number of rotatable bonds is 8. The molecule has 2 N–H and O–H groups in total. The molecule has 0 fully saturated rings. The summed E-state index contributed by atoms with van der Waals surface area (Å²) in [6.07, 6.45) is 2.95. The molecule has 1 aromatic heterocycles. The first kappa shape index (κ1) is 22.6. The first-order chi connectivity index (χ1) is 12.2. The SMILES string of the molecule is CCOC(=O)CCCNC(=NC)NC1CCc2nc(COC)nn2C1.I. The van der Waals surface area contributed by atoms with Gasteiger partial charge in [0.25, 0.3) is 0 Å². The third kappa shape index (κ3) is 7.06. The van der Waals surface area contributed by atoms with Crippen LogP contribution in [0, 0.1) is 0 Å². The normalized spacial score (nSPS) is 16.4. The highest BCUT2D eigenvalue weighted by molar-refractivity contribution is 14.0. The molecule has 0 amide bonds. The molecule has 1 aliphatic heterocycles. The molecule has 148 valence electrons. The van der Waals surface area contributed by atoms with Gasteiger partial charge in [0.05, 0.1) is 13.2 Å². The summed E-state index contributed by atoms with van der Waals surface area (Å²) in [5, 5.41) is 11.1. The van der Waals surface area contributed by atoms with Crippen molar-refractivity contribution in [1.29, 1.82) is 0 Å². The molecule has 0 bridgehead atoms. The lowest BCUT2D eigenvalue weighted by molar-refractivity contribution is -0.143. The summed E-state index contributed by atoms with van der Waals surface area (Å²) in [6.45, 7) is 4.08. The molecule has 0 aliphatic carbocycles. The number of aliphatic imine (C=N–C) groups is 1. The maximum absolute atomic E-state index is 11.3. The number of carbonyl (C=O) groups excluding carboxylic acids is 1. The van der Waals surface area contributed by atoms with Gasteiger partial charge in [0.2, 0.25) is 0 Å². The second-order valence-corrected chi connectivity index (χ2v) is 5.85. The molecule has 0 radical (unpaired) electrons. The molecule has 0 spiro atoms. The van der Waals surface area contributed by atoms with Gasteiger partial charge in [-0.25, -0.2) is 9.67 Å². The maximum Gasteiger partial charge on any atom is 0.305 e. The summed E-state index contributed by atoms with van der Waals surface area (Å²) in [4.78, 5) is 20.0. The van der Waals surface area contributed by atoms with Gasteiger partial charge in [-0.05, 0) is 19.8 Å². The molecule has 10 heteroatoms. The maximum atomic E-state index is 11.3. The number of aromatic nitrogens is 3. The number of aryl methyl sites for hydroxylation is 1. The molecule has 26 heavy (non-hydrogen) atoms. The van der Waals surface area contributed by atoms with Gasteiger partial charge in [-0.1, -0.05) is 0 Å². The van der Waals surface area contributed by atoms with Gasteiger partial charge < -0.3 is 20.1 Å². The third-order valence-corrected chi connectivity index (χ3v) is 3.90. The lowest BCUT2D eigenvalue weighted by atomic mass is 10.1. The Morgan fingerprint density at radius 2 is 2.27 bits per heavy atom. The average molecular weight is 480 g/mol. The van der Waals surface area contributed by atoms with Gasteiger partial charge in [0.15, 0.2) is 11.8 Å². The van der Waals surface area contributed by atoms with E-state index in [2.05, 4.69) is 25.7 Å². The molecular formula is C16H29IN6O3. The fourth-order valence-corrected chi connectivity index (χ4v) is 2.73. The minimum atomic E-state index is -0.162. The van der Waals surface area contributed by atoms with E-state index in [0.29, 0.717) is 32.6 Å². The summed E-state index contributed by atoms with van der Waals surface area (Å²) >= 11 is 0. The second-order valence-electron chi connectivity index (χ2n) is 5.85. The number of esters is 1. The predicted octanol–water partition coefficient (Wildman–Crippen LogP) is 0.866. The summed E-state index contributed by atoms with van der Waals surface area (Å²) in [5.74, 6) is 2.29. The van der Waals surface area contributed by atoms with Gasteiger partial charge in [-0.15, -0.1) is 24.0 Å². The van der Waals surface area contributed by atoms with Gasteiger partial charge in [0, 0.05) is 39.6 Å². The number of guanidine groups is 1. The summed E-state index contributed by atoms with van der Waals surface area (Å²) in [7, 11) is 3.38. The van der Waals surface area contributed by atoms with E-state index in [-0.39, 0.29) is 36.0 Å². The van der Waals surface area contributed by atoms with Crippen molar-refractivity contribution in [2.75, 3.05) is 27.3 Å². The number of halogens is 1. The van der Waals surface area contributed by atoms with Crippen LogP contribution in [0.5, 0.6) is 0 Å². The first-order valence-corrected chi connectivity index (χ1v) is 8.70. The van der Waals surface area contributed by atoms with Crippen molar-refractivity contribution < 1.29 is 14.3 Å². The number of nitrogens with one attached hydrogen (secondary N) is 2. The summed E-state index contributed by atoms with van der Waals surface area (Å²) < 4.78 is 11.9. The fourth-order valence-electron chi connectivity index (χ4n) is 2.73. The van der Waals surface area contributed by atoms with E-state index in [4.69, 9.17) is 9.47 Å². The molecular weight excluding hydrogens is 451 g/mol. The van der Waals surface area contributed by atoms with Crippen LogP contribution < -0.4 is 10.6 Å². The largest absolute Gasteiger partial charge is 0.466 e. The van der Waals surface area contributed by atoms with Crippen LogP contribution >= 0.6 is 24.0 Å². The lowest BCUT2D eigenvalue weighted by Crippen LogP contribution is -2.47. The number of ether oxygens (including phenoxy) is 2. The second kappa shape index (κ2) is 12.0. The topological polar surface area (TPSA) is 103 Å². The van der Waals surface area contributed by atoms with Crippen LogP contribution in [0.25, 0.3) is 0 Å². The number of carbonyl (C=O) groups is 1. The number of hydrogen-bond donors (Lipinski definition) is 2. The molecule has 1 aromatic rings. The van der Waals surface area contributed by atoms with Crippen LogP contribution in [0.1, 0.15) is 37.8 Å². The van der Waals surface area contributed by atoms with Gasteiger partial charge in [-0.2, -0.15) is 5.10 Å². The molecule has 2 rings (SSSR count). The zero-order chi connectivity index (χ0) is 18.1. The van der Waals surface area contributed by atoms with Crippen LogP contribution in [0.4, 0.5) is 0 Å². The van der Waals surface area contributed by atoms with E-state index in [0.717, 1.165) is 37.0 Å². The minimum absolute atomic E-state index is 0. The van der Waals surface area contributed by atoms with Crippen molar-refractivity contribution in [3.05, 3.63) is 11.6 Å². The number of methoxy groups -OCH3 is 1. The van der Waals surface area contributed by atoms with Crippen molar-refractivity contribution in [1.82, 2.24) is 25.4 Å². The first-order valence-electron chi connectivity index (χ1n) is 8.70. The van der Waals surface area contributed by atoms with E-state index < -0.39 is 0 Å². The predicted molar refractivity (Wildman–Crippen MR) is 109 cm³/mol. The number of nitrogens with zero attached hydrogens (tertiary/aromatic N) is 4. The Kier molecular flexibility index (Phi) is 10.5. The Labute approximate surface area is 171 Å². The fraction of sp³-hybridized carbons (Fsp3) is 0.750. The van der Waals surface area contributed by atoms with Gasteiger partial charge >= 0.3 is 5.97 Å². The summed E-state index contributed by atoms with van der Waals surface area (Å²) in [5.41, 5.74) is 0. The molecule has 0 saturated carbocycles. The van der Waals surface area contributed by atoms with Crippen LogP contribution in [0.3, 0.4) is 0 Å². The Morgan fingerprint density at radius 3 is 2.96 bits per heavy atom. The molecule has 1 unspecified atom stereocenters. The van der Waals surface area contributed by atoms with E-state index in [1.165, 1.54) is 0 Å². The Balaban J connectivity index is 0.00000338. The van der Waals surface area contributed by atoms with E-state index in [1.807, 2.05) is 11.6 Å². The third-order valence-electron chi connectivity index (χ3n) is 3.90. The monoisotopic (exact) mass is 480 g/mol. The van der Waals surface area contributed by atoms with Crippen molar-refractivity contribution in [3.63, 3.8) is 0 Å². The molecule has 9 nitrogen and oxygen atoms in total.